The summed E-state index contributed by atoms with van der Waals surface area (Å²) < 4.78 is 0. The summed E-state index contributed by atoms with van der Waals surface area (Å²) in [5.74, 6) is 0.925. The van der Waals surface area contributed by atoms with Crippen LogP contribution in [0.25, 0.3) is 11.1 Å². The molecule has 0 heteroatoms. The van der Waals surface area contributed by atoms with Crippen molar-refractivity contribution in [3.05, 3.63) is 59.7 Å². The van der Waals surface area contributed by atoms with E-state index in [9.17, 15) is 0 Å². The van der Waals surface area contributed by atoms with Crippen LogP contribution in [-0.4, -0.2) is 0 Å². The van der Waals surface area contributed by atoms with Gasteiger partial charge in [-0.25, -0.2) is 0 Å². The maximum absolute atomic E-state index is 2.41. The van der Waals surface area contributed by atoms with E-state index in [1.807, 2.05) is 0 Å². The monoisotopic (exact) mass is 492 g/mol. The fourth-order valence-electron chi connectivity index (χ4n) is 7.58. The first-order valence-electron chi connectivity index (χ1n) is 13.9. The minimum absolute atomic E-state index is 0. The highest BCUT2D eigenvalue weighted by atomic mass is 14.4. The van der Waals surface area contributed by atoms with E-state index < -0.39 is 0 Å². The van der Waals surface area contributed by atoms with Crippen LogP contribution >= 0.6 is 0 Å². The van der Waals surface area contributed by atoms with E-state index in [1.165, 1.54) is 73.6 Å². The fourth-order valence-corrected chi connectivity index (χ4v) is 7.58. The van der Waals surface area contributed by atoms with Crippen LogP contribution in [-0.2, 0) is 5.41 Å². The van der Waals surface area contributed by atoms with Crippen LogP contribution in [0.3, 0.4) is 0 Å². The molecule has 0 radical (unpaired) electrons. The standard InChI is InChI=1S/C15H14.C11H22.C8H16.2CH4/c1-15(2)13-9-5-3-7-11(13)12-8-4-6-10-14(12)15;1-9-6-10(2,3)8-11(4,5)7-9;1-8(2)6-4-3-5-7-8;;/h3-10H,1-2H3;9H,6-8H2,1-5H3;3-7H2,1-2H3;2*1H4. The normalized spacial score (nSPS) is 22.0. The molecule has 2 fully saturated rings. The van der Waals surface area contributed by atoms with Crippen LogP contribution in [0.15, 0.2) is 48.5 Å². The van der Waals surface area contributed by atoms with Crippen molar-refractivity contribution >= 4 is 0 Å². The van der Waals surface area contributed by atoms with Crippen molar-refractivity contribution in [2.75, 3.05) is 0 Å². The van der Waals surface area contributed by atoms with E-state index in [1.54, 1.807) is 0 Å². The molecule has 0 bridgehead atoms. The van der Waals surface area contributed by atoms with Gasteiger partial charge in [0.2, 0.25) is 0 Å². The van der Waals surface area contributed by atoms with Crippen molar-refractivity contribution in [3.63, 3.8) is 0 Å². The van der Waals surface area contributed by atoms with Crippen LogP contribution in [0.4, 0.5) is 0 Å². The number of rotatable bonds is 0. The van der Waals surface area contributed by atoms with Crippen LogP contribution in [0.1, 0.15) is 140 Å². The Kier molecular flexibility index (Phi) is 11.1. The third kappa shape index (κ3) is 8.22. The molecule has 0 atom stereocenters. The fraction of sp³-hybridized carbons (Fsp3) is 0.667. The number of hydrogen-bond acceptors (Lipinski definition) is 0. The second-order valence-corrected chi connectivity index (χ2v) is 14.5. The molecule has 2 saturated carbocycles. The van der Waals surface area contributed by atoms with E-state index in [2.05, 4.69) is 111 Å². The minimum atomic E-state index is 0. The maximum atomic E-state index is 2.41. The molecular formula is C36H60. The quantitative estimate of drug-likeness (QED) is 0.343. The van der Waals surface area contributed by atoms with Gasteiger partial charge in [-0.3, -0.25) is 0 Å². The van der Waals surface area contributed by atoms with Crippen molar-refractivity contribution in [1.29, 1.82) is 0 Å². The summed E-state index contributed by atoms with van der Waals surface area (Å²) in [7, 11) is 0. The van der Waals surface area contributed by atoms with Gasteiger partial charge < -0.3 is 0 Å². The number of hydrogen-bond donors (Lipinski definition) is 0. The number of fused-ring (bicyclic) bond motifs is 3. The van der Waals surface area contributed by atoms with E-state index in [0.29, 0.717) is 16.2 Å². The highest BCUT2D eigenvalue weighted by Gasteiger charge is 2.36. The van der Waals surface area contributed by atoms with Gasteiger partial charge in [0.05, 0.1) is 0 Å². The molecule has 0 spiro atoms. The average Bonchev–Trinajstić information content (AvgIpc) is 2.94. The largest absolute Gasteiger partial charge is 0.0776 e. The smallest absolute Gasteiger partial charge is 0.0158 e. The topological polar surface area (TPSA) is 0 Å². The third-order valence-corrected chi connectivity index (χ3v) is 8.46. The van der Waals surface area contributed by atoms with Gasteiger partial charge in [0, 0.05) is 5.41 Å². The Balaban J connectivity index is 0.000000276. The lowest BCUT2D eigenvalue weighted by atomic mass is 9.62. The third-order valence-electron chi connectivity index (χ3n) is 8.46. The Bertz CT molecular complexity index is 869. The van der Waals surface area contributed by atoms with Crippen molar-refractivity contribution in [3.8, 4) is 11.1 Å². The summed E-state index contributed by atoms with van der Waals surface area (Å²) in [5.41, 5.74) is 7.71. The first kappa shape index (κ1) is 32.5. The minimum Gasteiger partial charge on any atom is -0.0776 e. The van der Waals surface area contributed by atoms with Gasteiger partial charge in [0.25, 0.3) is 0 Å². The molecule has 2 aromatic carbocycles. The predicted molar refractivity (Wildman–Crippen MR) is 165 cm³/mol. The first-order chi connectivity index (χ1) is 15.7. The molecule has 2 aromatic rings. The zero-order valence-electron chi connectivity index (χ0n) is 23.9. The Morgan fingerprint density at radius 2 is 0.944 bits per heavy atom. The van der Waals surface area contributed by atoms with Gasteiger partial charge in [-0.2, -0.15) is 0 Å². The molecule has 3 aliphatic rings. The first-order valence-corrected chi connectivity index (χ1v) is 13.9. The summed E-state index contributed by atoms with van der Waals surface area (Å²) in [6.07, 6.45) is 11.5. The molecule has 0 nitrogen and oxygen atoms in total. The molecule has 0 unspecified atom stereocenters. The number of benzene rings is 2. The Labute approximate surface area is 226 Å². The molecule has 3 aliphatic carbocycles. The van der Waals surface area contributed by atoms with Crippen LogP contribution in [0, 0.1) is 22.2 Å². The van der Waals surface area contributed by atoms with Gasteiger partial charge in [-0.15, -0.1) is 0 Å². The van der Waals surface area contributed by atoms with Crippen LogP contribution in [0.2, 0.25) is 0 Å². The molecule has 0 heterocycles. The van der Waals surface area contributed by atoms with E-state index in [-0.39, 0.29) is 20.3 Å². The molecule has 0 aromatic heterocycles. The second kappa shape index (κ2) is 12.3. The van der Waals surface area contributed by atoms with Crippen molar-refractivity contribution in [2.24, 2.45) is 22.2 Å². The van der Waals surface area contributed by atoms with Gasteiger partial charge in [-0.1, -0.05) is 145 Å². The molecule has 0 saturated heterocycles. The van der Waals surface area contributed by atoms with E-state index >= 15 is 0 Å². The maximum Gasteiger partial charge on any atom is 0.0158 e. The van der Waals surface area contributed by atoms with E-state index in [0.717, 1.165) is 5.92 Å². The lowest BCUT2D eigenvalue weighted by molar-refractivity contribution is 0.0754. The predicted octanol–water partition coefficient (Wildman–Crippen LogP) is 12.1. The van der Waals surface area contributed by atoms with E-state index in [4.69, 9.17) is 0 Å². The molecule has 5 rings (SSSR count). The lowest BCUT2D eigenvalue weighted by Gasteiger charge is -2.44. The molecule has 0 amide bonds. The highest BCUT2D eigenvalue weighted by molar-refractivity contribution is 5.80. The van der Waals surface area contributed by atoms with Crippen molar-refractivity contribution in [1.82, 2.24) is 0 Å². The highest BCUT2D eigenvalue weighted by Crippen LogP contribution is 2.49. The van der Waals surface area contributed by atoms with Gasteiger partial charge in [0.15, 0.2) is 0 Å². The second-order valence-electron chi connectivity index (χ2n) is 14.5. The Morgan fingerprint density at radius 1 is 0.556 bits per heavy atom. The zero-order chi connectivity index (χ0) is 25.2. The Morgan fingerprint density at radius 3 is 1.28 bits per heavy atom. The van der Waals surface area contributed by atoms with Crippen LogP contribution < -0.4 is 0 Å². The van der Waals surface area contributed by atoms with Gasteiger partial charge in [-0.05, 0) is 76.5 Å². The average molecular weight is 493 g/mol. The summed E-state index contributed by atoms with van der Waals surface area (Å²) in [6.45, 7) is 21.4. The van der Waals surface area contributed by atoms with Gasteiger partial charge in [0.1, 0.15) is 0 Å². The van der Waals surface area contributed by atoms with Crippen molar-refractivity contribution < 1.29 is 0 Å². The lowest BCUT2D eigenvalue weighted by Crippen LogP contribution is -2.32. The summed E-state index contributed by atoms with van der Waals surface area (Å²) >= 11 is 0. The zero-order valence-corrected chi connectivity index (χ0v) is 23.9. The molecular weight excluding hydrogens is 432 g/mol. The summed E-state index contributed by atoms with van der Waals surface area (Å²) in [4.78, 5) is 0. The molecule has 36 heavy (non-hydrogen) atoms. The molecule has 0 aliphatic heterocycles. The van der Waals surface area contributed by atoms with Crippen LogP contribution in [0.5, 0.6) is 0 Å². The molecule has 0 N–H and O–H groups in total. The molecule has 204 valence electrons. The SMILES string of the molecule is C.C.CC1(C)CCCCC1.CC1(C)c2ccccc2-c2ccccc21.CC1CC(C)(C)CC(C)(C)C1. The van der Waals surface area contributed by atoms with Gasteiger partial charge >= 0.3 is 0 Å². The van der Waals surface area contributed by atoms with Crippen molar-refractivity contribution in [2.45, 2.75) is 134 Å². The summed E-state index contributed by atoms with van der Waals surface area (Å²) in [5, 5.41) is 0. The summed E-state index contributed by atoms with van der Waals surface area (Å²) in [6, 6.07) is 17.4. The Hall–Kier alpha value is -1.56.